The van der Waals surface area contributed by atoms with E-state index in [4.69, 9.17) is 16.9 Å². The van der Waals surface area contributed by atoms with Crippen molar-refractivity contribution in [3.05, 3.63) is 65.1 Å². The number of benzene rings is 1. The summed E-state index contributed by atoms with van der Waals surface area (Å²) < 4.78 is 0. The van der Waals surface area contributed by atoms with Crippen molar-refractivity contribution in [1.82, 2.24) is 4.98 Å². The minimum atomic E-state index is -0.606. The van der Waals surface area contributed by atoms with Crippen molar-refractivity contribution < 1.29 is 9.59 Å². The van der Waals surface area contributed by atoms with E-state index in [2.05, 4.69) is 15.6 Å². The van der Waals surface area contributed by atoms with Crippen LogP contribution in [0.3, 0.4) is 0 Å². The number of nitrogens with zero attached hydrogens (tertiary/aromatic N) is 2. The van der Waals surface area contributed by atoms with Crippen LogP contribution < -0.4 is 10.6 Å². The van der Waals surface area contributed by atoms with E-state index in [1.165, 1.54) is 19.3 Å². The maximum absolute atomic E-state index is 12.2. The number of nitriles is 1. The Morgan fingerprint density at radius 3 is 2.75 bits per heavy atom. The molecule has 0 atom stereocenters. The fraction of sp³-hybridized carbons (Fsp3) is 0.0588. The largest absolute Gasteiger partial charge is 0.358 e. The summed E-state index contributed by atoms with van der Waals surface area (Å²) in [6.07, 6.45) is 2.77. The van der Waals surface area contributed by atoms with Gasteiger partial charge in [0.1, 0.15) is 11.6 Å². The molecule has 0 radical (unpaired) electrons. The number of carbonyl (C=O) groups is 2. The number of halogens is 1. The molecule has 0 unspecified atom stereocenters. The first-order valence-electron chi connectivity index (χ1n) is 6.91. The van der Waals surface area contributed by atoms with Crippen molar-refractivity contribution in [3.8, 4) is 6.07 Å². The SMILES string of the molecule is CC(=O)c1cccc(NC(=O)/C(C#N)=C\Nc2cccnc2Cl)c1. The van der Waals surface area contributed by atoms with Gasteiger partial charge in [0, 0.05) is 23.6 Å². The molecule has 1 amide bonds. The number of carbonyl (C=O) groups excluding carboxylic acids is 2. The summed E-state index contributed by atoms with van der Waals surface area (Å²) in [7, 11) is 0. The standard InChI is InChI=1S/C17H13ClN4O2/c1-11(23)12-4-2-5-14(8-12)22-17(24)13(9-19)10-21-15-6-3-7-20-16(15)18/h2-8,10,21H,1H3,(H,22,24)/b13-10-. The van der Waals surface area contributed by atoms with Crippen molar-refractivity contribution in [2.45, 2.75) is 6.92 Å². The van der Waals surface area contributed by atoms with Crippen LogP contribution in [0.4, 0.5) is 11.4 Å². The minimum absolute atomic E-state index is 0.116. The molecular formula is C17H13ClN4O2. The summed E-state index contributed by atoms with van der Waals surface area (Å²) in [4.78, 5) is 27.4. The minimum Gasteiger partial charge on any atom is -0.358 e. The summed E-state index contributed by atoms with van der Waals surface area (Å²) in [5.41, 5.74) is 1.21. The molecule has 7 heteroatoms. The lowest BCUT2D eigenvalue weighted by atomic mass is 10.1. The number of ketones is 1. The molecule has 0 aliphatic carbocycles. The van der Waals surface area contributed by atoms with Crippen molar-refractivity contribution >= 4 is 34.7 Å². The number of anilines is 2. The summed E-state index contributed by atoms with van der Waals surface area (Å²) in [5.74, 6) is -0.722. The summed E-state index contributed by atoms with van der Waals surface area (Å²) in [6, 6.07) is 11.6. The fourth-order valence-electron chi connectivity index (χ4n) is 1.81. The lowest BCUT2D eigenvalue weighted by molar-refractivity contribution is -0.112. The van der Waals surface area contributed by atoms with Gasteiger partial charge in [-0.25, -0.2) is 4.98 Å². The molecule has 2 aromatic rings. The van der Waals surface area contributed by atoms with Gasteiger partial charge in [-0.3, -0.25) is 9.59 Å². The van der Waals surface area contributed by atoms with Crippen molar-refractivity contribution in [2.24, 2.45) is 0 Å². The quantitative estimate of drug-likeness (QED) is 0.376. The Morgan fingerprint density at radius 2 is 2.08 bits per heavy atom. The second kappa shape index (κ2) is 7.90. The molecule has 2 N–H and O–H groups in total. The highest BCUT2D eigenvalue weighted by Crippen LogP contribution is 2.18. The molecule has 0 aliphatic heterocycles. The number of nitrogens with one attached hydrogen (secondary N) is 2. The maximum atomic E-state index is 12.2. The van der Waals surface area contributed by atoms with Crippen LogP contribution in [0.1, 0.15) is 17.3 Å². The molecule has 24 heavy (non-hydrogen) atoms. The molecule has 1 aromatic carbocycles. The number of amides is 1. The van der Waals surface area contributed by atoms with Crippen molar-refractivity contribution in [2.75, 3.05) is 10.6 Å². The second-order valence-corrected chi connectivity index (χ2v) is 5.11. The molecule has 0 fully saturated rings. The molecular weight excluding hydrogens is 328 g/mol. The average molecular weight is 341 g/mol. The zero-order valence-corrected chi connectivity index (χ0v) is 13.5. The summed E-state index contributed by atoms with van der Waals surface area (Å²) in [6.45, 7) is 1.43. The van der Waals surface area contributed by atoms with E-state index in [1.54, 1.807) is 42.5 Å². The van der Waals surface area contributed by atoms with Gasteiger partial charge in [-0.2, -0.15) is 5.26 Å². The third-order valence-corrected chi connectivity index (χ3v) is 3.32. The lowest BCUT2D eigenvalue weighted by Crippen LogP contribution is -2.15. The van der Waals surface area contributed by atoms with Crippen LogP contribution in [0.5, 0.6) is 0 Å². The zero-order chi connectivity index (χ0) is 17.5. The number of hydrogen-bond donors (Lipinski definition) is 2. The van der Waals surface area contributed by atoms with Crippen LogP contribution in [-0.2, 0) is 4.79 Å². The van der Waals surface area contributed by atoms with Crippen LogP contribution >= 0.6 is 11.6 Å². The molecule has 120 valence electrons. The molecule has 0 saturated heterocycles. The second-order valence-electron chi connectivity index (χ2n) is 4.75. The van der Waals surface area contributed by atoms with Gasteiger partial charge >= 0.3 is 0 Å². The first-order chi connectivity index (χ1) is 11.5. The van der Waals surface area contributed by atoms with Crippen LogP contribution in [0.15, 0.2) is 54.4 Å². The Bertz CT molecular complexity index is 856. The van der Waals surface area contributed by atoms with Crippen molar-refractivity contribution in [3.63, 3.8) is 0 Å². The average Bonchev–Trinajstić information content (AvgIpc) is 2.57. The highest BCUT2D eigenvalue weighted by molar-refractivity contribution is 6.32. The van der Waals surface area contributed by atoms with E-state index in [0.717, 1.165) is 0 Å². The van der Waals surface area contributed by atoms with E-state index in [9.17, 15) is 9.59 Å². The van der Waals surface area contributed by atoms with Crippen LogP contribution in [0, 0.1) is 11.3 Å². The predicted molar refractivity (Wildman–Crippen MR) is 91.6 cm³/mol. The van der Waals surface area contributed by atoms with Gasteiger partial charge in [-0.05, 0) is 31.2 Å². The van der Waals surface area contributed by atoms with Crippen molar-refractivity contribution in [1.29, 1.82) is 5.26 Å². The highest BCUT2D eigenvalue weighted by atomic mass is 35.5. The maximum Gasteiger partial charge on any atom is 0.267 e. The molecule has 1 aromatic heterocycles. The summed E-state index contributed by atoms with van der Waals surface area (Å²) in [5, 5.41) is 14.7. The van der Waals surface area contributed by atoms with E-state index in [1.807, 2.05) is 0 Å². The third kappa shape index (κ3) is 4.41. The van der Waals surface area contributed by atoms with Gasteiger partial charge in [0.15, 0.2) is 10.9 Å². The molecule has 0 aliphatic rings. The van der Waals surface area contributed by atoms with Crippen LogP contribution in [0.25, 0.3) is 0 Å². The Hall–Kier alpha value is -3.17. The molecule has 0 saturated carbocycles. The molecule has 2 rings (SSSR count). The highest BCUT2D eigenvalue weighted by Gasteiger charge is 2.10. The normalized spacial score (nSPS) is 10.6. The number of aromatic nitrogens is 1. The van der Waals surface area contributed by atoms with E-state index in [0.29, 0.717) is 16.9 Å². The van der Waals surface area contributed by atoms with Gasteiger partial charge in [-0.1, -0.05) is 23.7 Å². The van der Waals surface area contributed by atoms with Gasteiger partial charge < -0.3 is 10.6 Å². The monoisotopic (exact) mass is 340 g/mol. The van der Waals surface area contributed by atoms with Gasteiger partial charge in [0.2, 0.25) is 0 Å². The van der Waals surface area contributed by atoms with Crippen LogP contribution in [0.2, 0.25) is 5.15 Å². The number of hydrogen-bond acceptors (Lipinski definition) is 5. The third-order valence-electron chi connectivity index (χ3n) is 3.02. The smallest absolute Gasteiger partial charge is 0.267 e. The number of pyridine rings is 1. The van der Waals surface area contributed by atoms with E-state index >= 15 is 0 Å². The Kier molecular flexibility index (Phi) is 5.66. The molecule has 1 heterocycles. The van der Waals surface area contributed by atoms with Gasteiger partial charge in [-0.15, -0.1) is 0 Å². The predicted octanol–water partition coefficient (Wildman–Crippen LogP) is 3.40. The Labute approximate surface area is 143 Å². The summed E-state index contributed by atoms with van der Waals surface area (Å²) >= 11 is 5.89. The lowest BCUT2D eigenvalue weighted by Gasteiger charge is -2.06. The number of rotatable bonds is 5. The molecule has 0 spiro atoms. The molecule has 6 nitrogen and oxygen atoms in total. The van der Waals surface area contributed by atoms with Gasteiger partial charge in [0.25, 0.3) is 5.91 Å². The Morgan fingerprint density at radius 1 is 1.29 bits per heavy atom. The molecule has 0 bridgehead atoms. The first kappa shape index (κ1) is 17.2. The fourth-order valence-corrected chi connectivity index (χ4v) is 1.98. The first-order valence-corrected chi connectivity index (χ1v) is 7.28. The van der Waals surface area contributed by atoms with E-state index < -0.39 is 5.91 Å². The van der Waals surface area contributed by atoms with Crippen LogP contribution in [-0.4, -0.2) is 16.7 Å². The number of Topliss-reactive ketones (excluding diaryl/α,β-unsaturated/α-hetero) is 1. The topological polar surface area (TPSA) is 94.9 Å². The zero-order valence-electron chi connectivity index (χ0n) is 12.7. The Balaban J connectivity index is 2.13. The van der Waals surface area contributed by atoms with Gasteiger partial charge in [0.05, 0.1) is 5.69 Å². The van der Waals surface area contributed by atoms with E-state index in [-0.39, 0.29) is 16.5 Å².